The highest BCUT2D eigenvalue weighted by Gasteiger charge is 2.29. The van der Waals surface area contributed by atoms with E-state index in [1.807, 2.05) is 29.2 Å². The summed E-state index contributed by atoms with van der Waals surface area (Å²) >= 11 is 5.87. The fourth-order valence-electron chi connectivity index (χ4n) is 3.14. The molecule has 0 bridgehead atoms. The lowest BCUT2D eigenvalue weighted by Crippen LogP contribution is -2.30. The quantitative estimate of drug-likeness (QED) is 0.789. The Kier molecular flexibility index (Phi) is 4.97. The predicted octanol–water partition coefficient (Wildman–Crippen LogP) is 4.78. The van der Waals surface area contributed by atoms with Crippen molar-refractivity contribution in [2.24, 2.45) is 0 Å². The van der Waals surface area contributed by atoms with Crippen LogP contribution >= 0.6 is 11.6 Å². The maximum Gasteiger partial charge on any atom is 0.223 e. The van der Waals surface area contributed by atoms with E-state index in [9.17, 15) is 9.18 Å². The molecule has 1 atom stereocenters. The first-order chi connectivity index (χ1) is 11.1. The Bertz CT molecular complexity index is 669. The van der Waals surface area contributed by atoms with Crippen LogP contribution in [-0.4, -0.2) is 17.4 Å². The molecule has 2 aromatic carbocycles. The number of amides is 1. The molecule has 3 rings (SSSR count). The van der Waals surface area contributed by atoms with Gasteiger partial charge in [0, 0.05) is 18.0 Å². The van der Waals surface area contributed by atoms with E-state index in [0.717, 1.165) is 30.5 Å². The van der Waals surface area contributed by atoms with Gasteiger partial charge in [0.05, 0.1) is 6.04 Å². The SMILES string of the molecule is O=C(CCc1ccc(Cl)cc1)N1CCCC1c1ccc(F)cc1. The average Bonchev–Trinajstić information content (AvgIpc) is 3.04. The molecular formula is C19H19ClFNO. The van der Waals surface area contributed by atoms with E-state index < -0.39 is 0 Å². The number of carbonyl (C=O) groups excluding carboxylic acids is 1. The lowest BCUT2D eigenvalue weighted by molar-refractivity contribution is -0.132. The highest BCUT2D eigenvalue weighted by atomic mass is 35.5. The summed E-state index contributed by atoms with van der Waals surface area (Å²) < 4.78 is 13.1. The van der Waals surface area contributed by atoms with E-state index in [0.29, 0.717) is 17.9 Å². The Labute approximate surface area is 140 Å². The Morgan fingerprint density at radius 2 is 1.83 bits per heavy atom. The summed E-state index contributed by atoms with van der Waals surface area (Å²) in [6.07, 6.45) is 3.13. The summed E-state index contributed by atoms with van der Waals surface area (Å²) in [5.41, 5.74) is 2.13. The van der Waals surface area contributed by atoms with Crippen LogP contribution < -0.4 is 0 Å². The number of halogens is 2. The van der Waals surface area contributed by atoms with Crippen molar-refractivity contribution in [3.05, 3.63) is 70.5 Å². The van der Waals surface area contributed by atoms with Crippen molar-refractivity contribution in [3.8, 4) is 0 Å². The van der Waals surface area contributed by atoms with Crippen LogP contribution in [0.1, 0.15) is 36.4 Å². The third-order valence-electron chi connectivity index (χ3n) is 4.37. The molecule has 1 fully saturated rings. The minimum atomic E-state index is -0.243. The number of nitrogens with zero attached hydrogens (tertiary/aromatic N) is 1. The second-order valence-corrected chi connectivity index (χ2v) is 6.36. The zero-order valence-electron chi connectivity index (χ0n) is 12.8. The Morgan fingerprint density at radius 3 is 2.52 bits per heavy atom. The lowest BCUT2D eigenvalue weighted by atomic mass is 10.0. The number of rotatable bonds is 4. The summed E-state index contributed by atoms with van der Waals surface area (Å²) in [6.45, 7) is 0.779. The minimum Gasteiger partial charge on any atom is -0.336 e. The molecule has 0 aliphatic carbocycles. The Balaban J connectivity index is 1.63. The molecule has 1 aliphatic rings. The summed E-state index contributed by atoms with van der Waals surface area (Å²) in [4.78, 5) is 14.5. The van der Waals surface area contributed by atoms with Crippen LogP contribution in [0.25, 0.3) is 0 Å². The zero-order chi connectivity index (χ0) is 16.2. The van der Waals surface area contributed by atoms with Crippen molar-refractivity contribution in [2.45, 2.75) is 31.7 Å². The Morgan fingerprint density at radius 1 is 1.13 bits per heavy atom. The van der Waals surface area contributed by atoms with Crippen molar-refractivity contribution >= 4 is 17.5 Å². The number of hydrogen-bond acceptors (Lipinski definition) is 1. The van der Waals surface area contributed by atoms with Crippen LogP contribution in [0.3, 0.4) is 0 Å². The number of benzene rings is 2. The highest BCUT2D eigenvalue weighted by molar-refractivity contribution is 6.30. The fourth-order valence-corrected chi connectivity index (χ4v) is 3.27. The maximum absolute atomic E-state index is 13.1. The molecule has 23 heavy (non-hydrogen) atoms. The van der Waals surface area contributed by atoms with Crippen molar-refractivity contribution in [1.82, 2.24) is 4.90 Å². The van der Waals surface area contributed by atoms with E-state index in [-0.39, 0.29) is 17.8 Å². The molecule has 0 N–H and O–H groups in total. The largest absolute Gasteiger partial charge is 0.336 e. The van der Waals surface area contributed by atoms with Crippen LogP contribution in [0.2, 0.25) is 5.02 Å². The van der Waals surface area contributed by atoms with Gasteiger partial charge in [0.1, 0.15) is 5.82 Å². The average molecular weight is 332 g/mol. The molecule has 1 heterocycles. The second-order valence-electron chi connectivity index (χ2n) is 5.92. The molecule has 1 aliphatic heterocycles. The third-order valence-corrected chi connectivity index (χ3v) is 4.62. The predicted molar refractivity (Wildman–Crippen MR) is 89.9 cm³/mol. The third kappa shape index (κ3) is 3.91. The van der Waals surface area contributed by atoms with Gasteiger partial charge < -0.3 is 4.90 Å². The summed E-state index contributed by atoms with van der Waals surface area (Å²) in [7, 11) is 0. The smallest absolute Gasteiger partial charge is 0.223 e. The van der Waals surface area contributed by atoms with Gasteiger partial charge in [-0.15, -0.1) is 0 Å². The summed E-state index contributed by atoms with van der Waals surface area (Å²) in [5, 5.41) is 0.705. The molecule has 120 valence electrons. The molecule has 0 radical (unpaired) electrons. The molecule has 0 saturated carbocycles. The van der Waals surface area contributed by atoms with E-state index in [1.54, 1.807) is 12.1 Å². The highest BCUT2D eigenvalue weighted by Crippen LogP contribution is 2.32. The standard InChI is InChI=1S/C19H19ClFNO/c20-16-8-3-14(4-9-16)5-12-19(23)22-13-1-2-18(22)15-6-10-17(21)11-7-15/h3-4,6-11,18H,1-2,5,12-13H2. The van der Waals surface area contributed by atoms with Gasteiger partial charge in [0.2, 0.25) is 5.91 Å². The van der Waals surface area contributed by atoms with Crippen LogP contribution in [0, 0.1) is 5.82 Å². The Hall–Kier alpha value is -1.87. The van der Waals surface area contributed by atoms with Crippen LogP contribution in [-0.2, 0) is 11.2 Å². The molecule has 0 spiro atoms. The monoisotopic (exact) mass is 331 g/mol. The van der Waals surface area contributed by atoms with E-state index in [1.165, 1.54) is 12.1 Å². The number of hydrogen-bond donors (Lipinski definition) is 0. The van der Waals surface area contributed by atoms with Gasteiger partial charge in [-0.1, -0.05) is 35.9 Å². The molecule has 1 saturated heterocycles. The molecule has 1 amide bonds. The van der Waals surface area contributed by atoms with Gasteiger partial charge in [-0.3, -0.25) is 4.79 Å². The molecule has 2 nitrogen and oxygen atoms in total. The van der Waals surface area contributed by atoms with Gasteiger partial charge in [0.25, 0.3) is 0 Å². The minimum absolute atomic E-state index is 0.0771. The van der Waals surface area contributed by atoms with Crippen molar-refractivity contribution in [3.63, 3.8) is 0 Å². The normalized spacial score (nSPS) is 17.5. The van der Waals surface area contributed by atoms with Crippen molar-refractivity contribution < 1.29 is 9.18 Å². The van der Waals surface area contributed by atoms with Gasteiger partial charge >= 0.3 is 0 Å². The summed E-state index contributed by atoms with van der Waals surface area (Å²) in [5.74, 6) is -0.0841. The van der Waals surface area contributed by atoms with Crippen LogP contribution in [0.5, 0.6) is 0 Å². The summed E-state index contributed by atoms with van der Waals surface area (Å²) in [6, 6.07) is 14.2. The van der Waals surface area contributed by atoms with E-state index in [4.69, 9.17) is 11.6 Å². The van der Waals surface area contributed by atoms with Crippen molar-refractivity contribution in [2.75, 3.05) is 6.54 Å². The molecule has 4 heteroatoms. The maximum atomic E-state index is 13.1. The van der Waals surface area contributed by atoms with Gasteiger partial charge in [-0.25, -0.2) is 4.39 Å². The van der Waals surface area contributed by atoms with Crippen LogP contribution in [0.15, 0.2) is 48.5 Å². The first-order valence-electron chi connectivity index (χ1n) is 7.93. The van der Waals surface area contributed by atoms with Gasteiger partial charge in [-0.05, 0) is 54.7 Å². The molecule has 1 unspecified atom stereocenters. The lowest BCUT2D eigenvalue weighted by Gasteiger charge is -2.25. The second kappa shape index (κ2) is 7.14. The van der Waals surface area contributed by atoms with Gasteiger partial charge in [-0.2, -0.15) is 0 Å². The number of likely N-dealkylation sites (tertiary alicyclic amines) is 1. The van der Waals surface area contributed by atoms with Gasteiger partial charge in [0.15, 0.2) is 0 Å². The van der Waals surface area contributed by atoms with E-state index in [2.05, 4.69) is 0 Å². The first kappa shape index (κ1) is 16.0. The molecule has 2 aromatic rings. The topological polar surface area (TPSA) is 20.3 Å². The van der Waals surface area contributed by atoms with Crippen molar-refractivity contribution in [1.29, 1.82) is 0 Å². The fraction of sp³-hybridized carbons (Fsp3) is 0.316. The van der Waals surface area contributed by atoms with E-state index >= 15 is 0 Å². The number of carbonyl (C=O) groups is 1. The first-order valence-corrected chi connectivity index (χ1v) is 8.30. The molecule has 0 aromatic heterocycles. The number of aryl methyl sites for hydroxylation is 1. The van der Waals surface area contributed by atoms with Crippen LogP contribution in [0.4, 0.5) is 4.39 Å². The zero-order valence-corrected chi connectivity index (χ0v) is 13.6. The molecular weight excluding hydrogens is 313 g/mol.